The fourth-order valence-electron chi connectivity index (χ4n) is 2.87. The average Bonchev–Trinajstić information content (AvgIpc) is 2.61. The predicted octanol–water partition coefficient (Wildman–Crippen LogP) is 5.04. The van der Waals surface area contributed by atoms with E-state index in [2.05, 4.69) is 29.0 Å². The van der Waals surface area contributed by atoms with Gasteiger partial charge in [-0.1, -0.05) is 25.5 Å². The molecule has 2 N–H and O–H groups in total. The van der Waals surface area contributed by atoms with Crippen molar-refractivity contribution < 1.29 is 0 Å². The molecule has 2 heterocycles. The van der Waals surface area contributed by atoms with Crippen molar-refractivity contribution in [3.63, 3.8) is 0 Å². The van der Waals surface area contributed by atoms with E-state index in [1.54, 1.807) is 0 Å². The number of aryl methyl sites for hydroxylation is 2. The van der Waals surface area contributed by atoms with Gasteiger partial charge >= 0.3 is 0 Å². The quantitative estimate of drug-likeness (QED) is 0.670. The highest BCUT2D eigenvalue weighted by molar-refractivity contribution is 5.80. The minimum atomic E-state index is 0.860. The van der Waals surface area contributed by atoms with Crippen molar-refractivity contribution in [1.82, 2.24) is 9.97 Å². The van der Waals surface area contributed by atoms with Gasteiger partial charge in [-0.25, -0.2) is 0 Å². The average molecular weight is 317 g/mol. The number of hydrogen-bond acceptors (Lipinski definition) is 3. The van der Waals surface area contributed by atoms with Crippen LogP contribution >= 0.6 is 0 Å². The summed E-state index contributed by atoms with van der Waals surface area (Å²) in [5.41, 5.74) is 13.2. The van der Waals surface area contributed by atoms with E-state index < -0.39 is 0 Å². The van der Waals surface area contributed by atoms with Gasteiger partial charge in [0, 0.05) is 28.7 Å². The Morgan fingerprint density at radius 3 is 2.71 bits per heavy atom. The van der Waals surface area contributed by atoms with Crippen molar-refractivity contribution in [1.29, 1.82) is 0 Å². The largest absolute Gasteiger partial charge is 0.399 e. The summed E-state index contributed by atoms with van der Waals surface area (Å²) in [7, 11) is 0. The van der Waals surface area contributed by atoms with E-state index in [-0.39, 0.29) is 0 Å². The zero-order chi connectivity index (χ0) is 16.9. The molecule has 2 aromatic heterocycles. The Bertz CT molecular complexity index is 840. The van der Waals surface area contributed by atoms with Crippen molar-refractivity contribution in [2.24, 2.45) is 0 Å². The molecule has 3 heteroatoms. The first-order chi connectivity index (χ1) is 11.7. The van der Waals surface area contributed by atoms with Crippen LogP contribution in [0.15, 0.2) is 54.7 Å². The molecule has 0 fully saturated rings. The Morgan fingerprint density at radius 2 is 1.92 bits per heavy atom. The molecule has 3 aromatic rings. The number of hydrogen-bond donors (Lipinski definition) is 1. The Balaban J connectivity index is 2.07. The summed E-state index contributed by atoms with van der Waals surface area (Å²) in [6.45, 7) is 4.20. The molecule has 0 aliphatic heterocycles. The Hall–Kier alpha value is -2.68. The maximum absolute atomic E-state index is 6.14. The van der Waals surface area contributed by atoms with E-state index in [4.69, 9.17) is 5.73 Å². The third-order valence-electron chi connectivity index (χ3n) is 4.19. The van der Waals surface area contributed by atoms with Crippen LogP contribution in [0.1, 0.15) is 31.0 Å². The summed E-state index contributed by atoms with van der Waals surface area (Å²) < 4.78 is 0. The van der Waals surface area contributed by atoms with Crippen LogP contribution in [0.4, 0.5) is 5.69 Å². The summed E-state index contributed by atoms with van der Waals surface area (Å²) in [5, 5.41) is 0. The highest BCUT2D eigenvalue weighted by Gasteiger charge is 2.11. The van der Waals surface area contributed by atoms with Gasteiger partial charge in [0.1, 0.15) is 0 Å². The number of nitrogens with zero attached hydrogens (tertiary/aromatic N) is 2. The maximum Gasteiger partial charge on any atom is 0.0796 e. The maximum atomic E-state index is 6.14. The minimum Gasteiger partial charge on any atom is -0.399 e. The lowest BCUT2D eigenvalue weighted by Gasteiger charge is -2.12. The van der Waals surface area contributed by atoms with Crippen LogP contribution in [-0.2, 0) is 6.42 Å². The fraction of sp³-hybridized carbons (Fsp3) is 0.238. The number of nitrogen functional groups attached to an aromatic ring is 1. The minimum absolute atomic E-state index is 0.860. The van der Waals surface area contributed by atoms with Crippen molar-refractivity contribution in [2.75, 3.05) is 5.73 Å². The third-order valence-corrected chi connectivity index (χ3v) is 4.19. The van der Waals surface area contributed by atoms with Crippen LogP contribution in [0.5, 0.6) is 0 Å². The zero-order valence-corrected chi connectivity index (χ0v) is 14.3. The number of aromatic nitrogens is 2. The standard InChI is InChI=1S/C21H23N3/c1-3-4-8-16-14-17(11-12-19(16)22)21-18(9-6-13-23-21)20-10-5-7-15(2)24-20/h5-7,9-14H,3-4,8,22H2,1-2H3. The first-order valence-electron chi connectivity index (χ1n) is 8.47. The predicted molar refractivity (Wildman–Crippen MR) is 101 cm³/mol. The summed E-state index contributed by atoms with van der Waals surface area (Å²) in [6.07, 6.45) is 5.13. The third kappa shape index (κ3) is 3.46. The van der Waals surface area contributed by atoms with Gasteiger partial charge in [0.25, 0.3) is 0 Å². The van der Waals surface area contributed by atoms with Crippen LogP contribution in [0, 0.1) is 6.92 Å². The number of nitrogens with two attached hydrogens (primary N) is 1. The van der Waals surface area contributed by atoms with Crippen LogP contribution < -0.4 is 5.73 Å². The first kappa shape index (κ1) is 16.2. The molecular weight excluding hydrogens is 294 g/mol. The van der Waals surface area contributed by atoms with Gasteiger partial charge in [-0.15, -0.1) is 0 Å². The van der Waals surface area contributed by atoms with Crippen molar-refractivity contribution >= 4 is 5.69 Å². The lowest BCUT2D eigenvalue weighted by molar-refractivity contribution is 0.796. The van der Waals surface area contributed by atoms with Gasteiger partial charge in [-0.3, -0.25) is 9.97 Å². The van der Waals surface area contributed by atoms with E-state index in [9.17, 15) is 0 Å². The molecule has 3 rings (SSSR count). The van der Waals surface area contributed by atoms with Crippen LogP contribution in [-0.4, -0.2) is 9.97 Å². The zero-order valence-electron chi connectivity index (χ0n) is 14.3. The van der Waals surface area contributed by atoms with Gasteiger partial charge in [0.2, 0.25) is 0 Å². The molecule has 3 nitrogen and oxygen atoms in total. The van der Waals surface area contributed by atoms with Crippen LogP contribution in [0.25, 0.3) is 22.5 Å². The summed E-state index contributed by atoms with van der Waals surface area (Å²) in [4.78, 5) is 9.28. The molecule has 24 heavy (non-hydrogen) atoms. The molecule has 0 bridgehead atoms. The number of anilines is 1. The molecule has 0 aliphatic carbocycles. The molecule has 0 unspecified atom stereocenters. The molecular formula is C21H23N3. The molecule has 0 aliphatic rings. The Kier molecular flexibility index (Phi) is 4.90. The number of rotatable bonds is 5. The molecule has 0 atom stereocenters. The van der Waals surface area contributed by atoms with E-state index >= 15 is 0 Å². The van der Waals surface area contributed by atoms with E-state index in [1.807, 2.05) is 49.5 Å². The number of pyridine rings is 2. The molecule has 0 saturated carbocycles. The number of unbranched alkanes of at least 4 members (excludes halogenated alkanes) is 1. The van der Waals surface area contributed by atoms with Crippen molar-refractivity contribution in [3.05, 3.63) is 66.0 Å². The lowest BCUT2D eigenvalue weighted by Crippen LogP contribution is -1.97. The second kappa shape index (κ2) is 7.26. The molecule has 0 spiro atoms. The highest BCUT2D eigenvalue weighted by Crippen LogP contribution is 2.31. The molecule has 0 amide bonds. The Labute approximate surface area is 143 Å². The second-order valence-corrected chi connectivity index (χ2v) is 6.08. The smallest absolute Gasteiger partial charge is 0.0796 e. The van der Waals surface area contributed by atoms with Gasteiger partial charge in [0.15, 0.2) is 0 Å². The SMILES string of the molecule is CCCCc1cc(-c2ncccc2-c2cccc(C)n2)ccc1N. The monoisotopic (exact) mass is 317 g/mol. The van der Waals surface area contributed by atoms with Gasteiger partial charge < -0.3 is 5.73 Å². The molecule has 1 aromatic carbocycles. The molecule has 0 radical (unpaired) electrons. The van der Waals surface area contributed by atoms with Crippen LogP contribution in [0.3, 0.4) is 0 Å². The second-order valence-electron chi connectivity index (χ2n) is 6.08. The van der Waals surface area contributed by atoms with Gasteiger partial charge in [-0.2, -0.15) is 0 Å². The van der Waals surface area contributed by atoms with Crippen LogP contribution in [0.2, 0.25) is 0 Å². The lowest BCUT2D eigenvalue weighted by atomic mass is 9.98. The topological polar surface area (TPSA) is 51.8 Å². The number of benzene rings is 1. The summed E-state index contributed by atoms with van der Waals surface area (Å²) >= 11 is 0. The van der Waals surface area contributed by atoms with E-state index in [1.165, 1.54) is 5.56 Å². The summed E-state index contributed by atoms with van der Waals surface area (Å²) in [6, 6.07) is 16.3. The van der Waals surface area contributed by atoms with Gasteiger partial charge in [0.05, 0.1) is 11.4 Å². The first-order valence-corrected chi connectivity index (χ1v) is 8.47. The fourth-order valence-corrected chi connectivity index (χ4v) is 2.87. The molecule has 0 saturated heterocycles. The van der Waals surface area contributed by atoms with Gasteiger partial charge in [-0.05, 0) is 61.7 Å². The molecule has 122 valence electrons. The summed E-state index contributed by atoms with van der Waals surface area (Å²) in [5.74, 6) is 0. The Morgan fingerprint density at radius 1 is 1.04 bits per heavy atom. The van der Waals surface area contributed by atoms with E-state index in [0.717, 1.165) is 53.2 Å². The normalized spacial score (nSPS) is 10.8. The van der Waals surface area contributed by atoms with E-state index in [0.29, 0.717) is 0 Å². The highest BCUT2D eigenvalue weighted by atomic mass is 14.7. The van der Waals surface area contributed by atoms with Crippen molar-refractivity contribution in [3.8, 4) is 22.5 Å². The van der Waals surface area contributed by atoms with Crippen molar-refractivity contribution in [2.45, 2.75) is 33.1 Å².